The summed E-state index contributed by atoms with van der Waals surface area (Å²) in [6.07, 6.45) is 4.22. The van der Waals surface area contributed by atoms with Gasteiger partial charge in [-0.2, -0.15) is 0 Å². The van der Waals surface area contributed by atoms with Gasteiger partial charge in [0.25, 0.3) is 0 Å². The van der Waals surface area contributed by atoms with Crippen LogP contribution < -0.4 is 4.72 Å². The van der Waals surface area contributed by atoms with Gasteiger partial charge >= 0.3 is 0 Å². The van der Waals surface area contributed by atoms with E-state index in [1.165, 1.54) is 0 Å². The predicted molar refractivity (Wildman–Crippen MR) is 72.6 cm³/mol. The fourth-order valence-corrected chi connectivity index (χ4v) is 4.13. The molecule has 0 saturated carbocycles. The van der Waals surface area contributed by atoms with Gasteiger partial charge in [-0.15, -0.1) is 0 Å². The maximum absolute atomic E-state index is 12.2. The topological polar surface area (TPSA) is 66.4 Å². The number of nitrogens with one attached hydrogen (secondary N) is 1. The highest BCUT2D eigenvalue weighted by Crippen LogP contribution is 2.23. The Morgan fingerprint density at radius 3 is 2.67 bits per heavy atom. The van der Waals surface area contributed by atoms with E-state index >= 15 is 0 Å². The second kappa shape index (κ2) is 5.52. The number of aliphatic hydroxyl groups is 1. The van der Waals surface area contributed by atoms with Crippen LogP contribution in [0.4, 0.5) is 0 Å². The fraction of sp³-hybridized carbons (Fsp3) is 0.333. The lowest BCUT2D eigenvalue weighted by molar-refractivity contribution is 0.248. The zero-order valence-electron chi connectivity index (χ0n) is 9.58. The summed E-state index contributed by atoms with van der Waals surface area (Å²) in [5.74, 6) is 0.0388. The van der Waals surface area contributed by atoms with Gasteiger partial charge in [0.15, 0.2) is 0 Å². The van der Waals surface area contributed by atoms with Gasteiger partial charge in [-0.3, -0.25) is 0 Å². The van der Waals surface area contributed by atoms with Crippen molar-refractivity contribution in [2.45, 2.75) is 17.4 Å². The Kier molecular flexibility index (Phi) is 4.21. The first-order valence-electron chi connectivity index (χ1n) is 5.59. The molecule has 0 spiro atoms. The molecule has 0 saturated heterocycles. The summed E-state index contributed by atoms with van der Waals surface area (Å²) in [5.41, 5.74) is 0. The minimum absolute atomic E-state index is 0.0388. The fourth-order valence-electron chi connectivity index (χ4n) is 1.92. The molecule has 2 rings (SSSR count). The second-order valence-electron chi connectivity index (χ2n) is 4.22. The molecule has 0 unspecified atom stereocenters. The van der Waals surface area contributed by atoms with Gasteiger partial charge in [0.2, 0.25) is 10.0 Å². The van der Waals surface area contributed by atoms with E-state index in [1.54, 1.807) is 30.3 Å². The van der Waals surface area contributed by atoms with E-state index < -0.39 is 10.0 Å². The van der Waals surface area contributed by atoms with Crippen LogP contribution in [0.1, 0.15) is 6.42 Å². The van der Waals surface area contributed by atoms with Gasteiger partial charge in [-0.1, -0.05) is 24.3 Å². The quantitative estimate of drug-likeness (QED) is 0.824. The van der Waals surface area contributed by atoms with Crippen LogP contribution >= 0.6 is 15.9 Å². The molecular weight excluding hydrogens is 318 g/mol. The number of hydrogen-bond donors (Lipinski definition) is 2. The molecule has 0 bridgehead atoms. The van der Waals surface area contributed by atoms with Gasteiger partial charge in [0, 0.05) is 23.0 Å². The van der Waals surface area contributed by atoms with Crippen molar-refractivity contribution < 1.29 is 13.5 Å². The standard InChI is InChI=1S/C12H14BrNO3S/c13-11-3-1-2-4-12(11)18(16,17)14-10-6-5-9(7-10)8-15/h1-6,9-10,14-15H,7-8H2/t9-,10+/m0/s1. The van der Waals surface area contributed by atoms with E-state index in [0.717, 1.165) is 0 Å². The van der Waals surface area contributed by atoms with Crippen LogP contribution in [0.25, 0.3) is 0 Å². The van der Waals surface area contributed by atoms with Crippen molar-refractivity contribution in [1.82, 2.24) is 4.72 Å². The zero-order valence-corrected chi connectivity index (χ0v) is 12.0. The van der Waals surface area contributed by atoms with Crippen LogP contribution in [0.5, 0.6) is 0 Å². The maximum Gasteiger partial charge on any atom is 0.242 e. The Labute approximate surface area is 115 Å². The highest BCUT2D eigenvalue weighted by Gasteiger charge is 2.25. The SMILES string of the molecule is O=S(=O)(N[C@@H]1C=C[C@H](CO)C1)c1ccccc1Br. The summed E-state index contributed by atoms with van der Waals surface area (Å²) >= 11 is 3.23. The lowest BCUT2D eigenvalue weighted by Crippen LogP contribution is -2.33. The highest BCUT2D eigenvalue weighted by atomic mass is 79.9. The molecule has 1 aliphatic rings. The third-order valence-corrected chi connectivity index (χ3v) is 5.34. The van der Waals surface area contributed by atoms with E-state index in [-0.39, 0.29) is 23.5 Å². The van der Waals surface area contributed by atoms with Crippen LogP contribution in [0.15, 0.2) is 45.8 Å². The lowest BCUT2D eigenvalue weighted by atomic mass is 10.1. The number of rotatable bonds is 4. The van der Waals surface area contributed by atoms with E-state index in [2.05, 4.69) is 20.7 Å². The van der Waals surface area contributed by atoms with E-state index in [4.69, 9.17) is 5.11 Å². The smallest absolute Gasteiger partial charge is 0.242 e. The molecule has 4 nitrogen and oxygen atoms in total. The summed E-state index contributed by atoms with van der Waals surface area (Å²) in [7, 11) is -3.54. The molecule has 0 aliphatic heterocycles. The third-order valence-electron chi connectivity index (χ3n) is 2.84. The van der Waals surface area contributed by atoms with Gasteiger partial charge in [-0.25, -0.2) is 13.1 Å². The first-order chi connectivity index (χ1) is 8.53. The van der Waals surface area contributed by atoms with Gasteiger partial charge in [-0.05, 0) is 34.5 Å². The number of benzene rings is 1. The Morgan fingerprint density at radius 2 is 2.06 bits per heavy atom. The summed E-state index contributed by atoms with van der Waals surface area (Å²) in [6, 6.07) is 6.43. The predicted octanol–water partition coefficient (Wildman–Crippen LogP) is 1.66. The van der Waals surface area contributed by atoms with Gasteiger partial charge < -0.3 is 5.11 Å². The molecule has 0 amide bonds. The molecule has 0 radical (unpaired) electrons. The van der Waals surface area contributed by atoms with Crippen LogP contribution in [0.2, 0.25) is 0 Å². The molecule has 2 N–H and O–H groups in total. The van der Waals surface area contributed by atoms with Crippen LogP contribution in [-0.2, 0) is 10.0 Å². The van der Waals surface area contributed by atoms with Crippen molar-refractivity contribution in [3.8, 4) is 0 Å². The minimum atomic E-state index is -3.54. The number of aliphatic hydroxyl groups excluding tert-OH is 1. The number of hydrogen-bond acceptors (Lipinski definition) is 3. The first kappa shape index (κ1) is 13.7. The van der Waals surface area contributed by atoms with Crippen molar-refractivity contribution in [3.63, 3.8) is 0 Å². The van der Waals surface area contributed by atoms with E-state index in [0.29, 0.717) is 10.9 Å². The molecule has 2 atom stereocenters. The molecule has 98 valence electrons. The van der Waals surface area contributed by atoms with E-state index in [9.17, 15) is 8.42 Å². The second-order valence-corrected chi connectivity index (χ2v) is 6.76. The van der Waals surface area contributed by atoms with Crippen LogP contribution in [-0.4, -0.2) is 26.2 Å². The molecule has 0 fully saturated rings. The summed E-state index contributed by atoms with van der Waals surface area (Å²) in [5, 5.41) is 9.01. The Bertz CT molecular complexity index is 556. The number of halogens is 1. The molecule has 0 heterocycles. The Hall–Kier alpha value is -0.690. The molecule has 18 heavy (non-hydrogen) atoms. The third kappa shape index (κ3) is 3.00. The van der Waals surface area contributed by atoms with Crippen molar-refractivity contribution >= 4 is 26.0 Å². The van der Waals surface area contributed by atoms with E-state index in [1.807, 2.05) is 6.08 Å². The molecule has 1 aliphatic carbocycles. The summed E-state index contributed by atoms with van der Waals surface area (Å²) in [4.78, 5) is 0.228. The number of sulfonamides is 1. The summed E-state index contributed by atoms with van der Waals surface area (Å²) in [6.45, 7) is 0.0454. The van der Waals surface area contributed by atoms with Crippen molar-refractivity contribution in [3.05, 3.63) is 40.9 Å². The molecule has 1 aromatic rings. The largest absolute Gasteiger partial charge is 0.396 e. The molecule has 1 aromatic carbocycles. The highest BCUT2D eigenvalue weighted by molar-refractivity contribution is 9.10. The van der Waals surface area contributed by atoms with Crippen molar-refractivity contribution in [1.29, 1.82) is 0 Å². The van der Waals surface area contributed by atoms with Crippen LogP contribution in [0, 0.1) is 5.92 Å². The average Bonchev–Trinajstić information content (AvgIpc) is 2.76. The maximum atomic E-state index is 12.2. The Balaban J connectivity index is 2.14. The van der Waals surface area contributed by atoms with Crippen LogP contribution in [0.3, 0.4) is 0 Å². The molecule has 0 aromatic heterocycles. The van der Waals surface area contributed by atoms with Gasteiger partial charge in [0.1, 0.15) is 0 Å². The minimum Gasteiger partial charge on any atom is -0.396 e. The molecular formula is C12H14BrNO3S. The molecule has 6 heteroatoms. The average molecular weight is 332 g/mol. The normalized spacial score (nSPS) is 23.4. The van der Waals surface area contributed by atoms with Crippen molar-refractivity contribution in [2.75, 3.05) is 6.61 Å². The zero-order chi connectivity index (χ0) is 13.2. The summed E-state index contributed by atoms with van der Waals surface area (Å²) < 4.78 is 27.5. The Morgan fingerprint density at radius 1 is 1.33 bits per heavy atom. The lowest BCUT2D eigenvalue weighted by Gasteiger charge is -2.14. The monoisotopic (exact) mass is 331 g/mol. The van der Waals surface area contributed by atoms with Crippen molar-refractivity contribution in [2.24, 2.45) is 5.92 Å². The first-order valence-corrected chi connectivity index (χ1v) is 7.86. The van der Waals surface area contributed by atoms with Gasteiger partial charge in [0.05, 0.1) is 4.90 Å².